The van der Waals surface area contributed by atoms with Gasteiger partial charge in [-0.3, -0.25) is 0 Å². The zero-order valence-corrected chi connectivity index (χ0v) is 11.4. The van der Waals surface area contributed by atoms with Crippen molar-refractivity contribution in [3.63, 3.8) is 0 Å². The quantitative estimate of drug-likeness (QED) is 0.420. The van der Waals surface area contributed by atoms with Crippen LogP contribution in [0.3, 0.4) is 0 Å². The van der Waals surface area contributed by atoms with Gasteiger partial charge >= 0.3 is 0 Å². The zero-order valence-electron chi connectivity index (χ0n) is 10.6. The molecule has 0 aromatic carbocycles. The summed E-state index contributed by atoms with van der Waals surface area (Å²) in [6, 6.07) is 0. The molecule has 3 heteroatoms. The van der Waals surface area contributed by atoms with Crippen LogP contribution in [-0.2, 0) is 0 Å². The molecule has 15 heavy (non-hydrogen) atoms. The maximum absolute atomic E-state index is 8.66. The Labute approximate surface area is 102 Å². The van der Waals surface area contributed by atoms with Gasteiger partial charge < -0.3 is 22.0 Å². The first-order valence-electron chi connectivity index (χ1n) is 6.20. The van der Waals surface area contributed by atoms with Crippen LogP contribution in [0.15, 0.2) is 0 Å². The lowest BCUT2D eigenvalue weighted by Crippen LogP contribution is -3.00. The van der Waals surface area contributed by atoms with Crippen LogP contribution in [0.2, 0.25) is 0 Å². The van der Waals surface area contributed by atoms with Crippen LogP contribution in [0, 0.1) is 0 Å². The molecule has 2 nitrogen and oxygen atoms in total. The molecule has 1 N–H and O–H groups in total. The topological polar surface area (TPSA) is 20.2 Å². The smallest absolute Gasteiger partial charge is 0.0786 e. The molecule has 0 amide bonds. The van der Waals surface area contributed by atoms with Gasteiger partial charge in [0.15, 0.2) is 0 Å². The number of nitrogens with zero attached hydrogens (tertiary/aromatic N) is 1. The van der Waals surface area contributed by atoms with Gasteiger partial charge in [-0.15, -0.1) is 0 Å². The van der Waals surface area contributed by atoms with E-state index in [1.54, 1.807) is 0 Å². The number of quaternary nitrogens is 1. The van der Waals surface area contributed by atoms with Crippen LogP contribution in [0.1, 0.15) is 46.5 Å². The molecule has 0 aliphatic rings. The second-order valence-electron chi connectivity index (χ2n) is 4.15. The predicted molar refractivity (Wildman–Crippen MR) is 62.3 cm³/mol. The van der Waals surface area contributed by atoms with E-state index in [9.17, 15) is 0 Å². The van der Waals surface area contributed by atoms with E-state index in [0.29, 0.717) is 6.61 Å². The van der Waals surface area contributed by atoms with E-state index in [2.05, 4.69) is 20.8 Å². The highest BCUT2D eigenvalue weighted by molar-refractivity contribution is 4.44. The fourth-order valence-electron chi connectivity index (χ4n) is 2.06. The first kappa shape index (κ1) is 17.6. The lowest BCUT2D eigenvalue weighted by molar-refractivity contribution is -0.923. The number of halogens is 1. The average molecular weight is 238 g/mol. The van der Waals surface area contributed by atoms with E-state index in [-0.39, 0.29) is 12.4 Å². The Morgan fingerprint density at radius 2 is 1.27 bits per heavy atom. The fourth-order valence-corrected chi connectivity index (χ4v) is 2.06. The number of aliphatic hydroxyl groups is 1. The largest absolute Gasteiger partial charge is 1.00 e. The lowest BCUT2D eigenvalue weighted by atomic mass is 10.1. The maximum atomic E-state index is 8.66. The summed E-state index contributed by atoms with van der Waals surface area (Å²) in [6.45, 7) is 12.3. The van der Waals surface area contributed by atoms with Crippen molar-refractivity contribution in [1.82, 2.24) is 0 Å². The Balaban J connectivity index is 0. The second-order valence-corrected chi connectivity index (χ2v) is 4.15. The van der Waals surface area contributed by atoms with Crippen LogP contribution >= 0.6 is 0 Å². The minimum Gasteiger partial charge on any atom is -1.00 e. The standard InChI is InChI=1S/C12H28NO.ClH/c1-4-13(5-2,6-3)11-9-7-8-10-12-14;/h14H,4-12H2,1-3H3;1H/q+1;/p-1. The lowest BCUT2D eigenvalue weighted by Gasteiger charge is -2.35. The normalized spacial score (nSPS) is 11.2. The Kier molecular flexibility index (Phi) is 12.6. The van der Waals surface area contributed by atoms with Crippen molar-refractivity contribution in [3.8, 4) is 0 Å². The van der Waals surface area contributed by atoms with E-state index in [0.717, 1.165) is 6.42 Å². The van der Waals surface area contributed by atoms with Gasteiger partial charge in [-0.2, -0.15) is 0 Å². The van der Waals surface area contributed by atoms with Gasteiger partial charge in [-0.05, 0) is 40.0 Å². The van der Waals surface area contributed by atoms with Crippen molar-refractivity contribution in [3.05, 3.63) is 0 Å². The van der Waals surface area contributed by atoms with Crippen LogP contribution in [0.25, 0.3) is 0 Å². The Bertz CT molecular complexity index is 119. The van der Waals surface area contributed by atoms with Crippen molar-refractivity contribution in [2.45, 2.75) is 46.5 Å². The predicted octanol–water partition coefficient (Wildman–Crippen LogP) is -0.580. The van der Waals surface area contributed by atoms with E-state index < -0.39 is 0 Å². The summed E-state index contributed by atoms with van der Waals surface area (Å²) >= 11 is 0. The Morgan fingerprint density at radius 3 is 1.67 bits per heavy atom. The van der Waals surface area contributed by atoms with Crippen molar-refractivity contribution in [2.75, 3.05) is 32.8 Å². The van der Waals surface area contributed by atoms with E-state index in [4.69, 9.17) is 5.11 Å². The third kappa shape index (κ3) is 7.15. The molecule has 0 fully saturated rings. The highest BCUT2D eigenvalue weighted by Gasteiger charge is 2.19. The molecule has 0 unspecified atom stereocenters. The summed E-state index contributed by atoms with van der Waals surface area (Å²) < 4.78 is 1.26. The van der Waals surface area contributed by atoms with Crippen molar-refractivity contribution >= 4 is 0 Å². The first-order valence-corrected chi connectivity index (χ1v) is 6.20. The van der Waals surface area contributed by atoms with Gasteiger partial charge in [0, 0.05) is 6.61 Å². The SMILES string of the molecule is CC[N+](CC)(CC)CCCCCCO.[Cl-]. The molecular weight excluding hydrogens is 210 g/mol. The highest BCUT2D eigenvalue weighted by Crippen LogP contribution is 2.10. The third-order valence-electron chi connectivity index (χ3n) is 3.55. The number of hydrogen-bond donors (Lipinski definition) is 1. The fraction of sp³-hybridized carbons (Fsp3) is 1.00. The molecule has 0 spiro atoms. The summed E-state index contributed by atoms with van der Waals surface area (Å²) in [5.41, 5.74) is 0. The summed E-state index contributed by atoms with van der Waals surface area (Å²) in [4.78, 5) is 0. The molecule has 0 atom stereocenters. The van der Waals surface area contributed by atoms with Gasteiger partial charge in [-0.1, -0.05) is 6.42 Å². The monoisotopic (exact) mass is 237 g/mol. The maximum Gasteiger partial charge on any atom is 0.0786 e. The number of rotatable bonds is 9. The Hall–Kier alpha value is 0.210. The number of hydrogen-bond acceptors (Lipinski definition) is 1. The molecule has 0 saturated heterocycles. The summed E-state index contributed by atoms with van der Waals surface area (Å²) in [5.74, 6) is 0. The summed E-state index contributed by atoms with van der Waals surface area (Å²) in [7, 11) is 0. The molecule has 0 bridgehead atoms. The molecule has 0 radical (unpaired) electrons. The second kappa shape index (κ2) is 10.7. The molecule has 0 rings (SSSR count). The zero-order chi connectivity index (χ0) is 10.9. The van der Waals surface area contributed by atoms with Crippen LogP contribution in [-0.4, -0.2) is 42.4 Å². The molecule has 0 aromatic rings. The summed E-state index contributed by atoms with van der Waals surface area (Å²) in [6.07, 6.45) is 4.76. The highest BCUT2D eigenvalue weighted by atomic mass is 35.5. The molecule has 0 aliphatic heterocycles. The molecule has 0 aromatic heterocycles. The van der Waals surface area contributed by atoms with Gasteiger partial charge in [0.25, 0.3) is 0 Å². The average Bonchev–Trinajstić information content (AvgIpc) is 2.24. The molecule has 0 aliphatic carbocycles. The first-order chi connectivity index (χ1) is 6.74. The van der Waals surface area contributed by atoms with Crippen molar-refractivity contribution in [2.24, 2.45) is 0 Å². The van der Waals surface area contributed by atoms with Gasteiger partial charge in [0.05, 0.1) is 26.2 Å². The van der Waals surface area contributed by atoms with E-state index in [1.807, 2.05) is 0 Å². The summed E-state index contributed by atoms with van der Waals surface area (Å²) in [5, 5.41) is 8.66. The van der Waals surface area contributed by atoms with Crippen molar-refractivity contribution < 1.29 is 22.0 Å². The van der Waals surface area contributed by atoms with Gasteiger partial charge in [0.1, 0.15) is 0 Å². The van der Waals surface area contributed by atoms with Gasteiger partial charge in [0.2, 0.25) is 0 Å². The van der Waals surface area contributed by atoms with E-state index in [1.165, 1.54) is 49.9 Å². The third-order valence-corrected chi connectivity index (χ3v) is 3.55. The molecular formula is C12H28ClNO. The van der Waals surface area contributed by atoms with E-state index >= 15 is 0 Å². The number of unbranched alkanes of at least 4 members (excludes halogenated alkanes) is 3. The van der Waals surface area contributed by atoms with Crippen LogP contribution in [0.4, 0.5) is 0 Å². The molecule has 0 saturated carbocycles. The minimum absolute atomic E-state index is 0. The van der Waals surface area contributed by atoms with Crippen LogP contribution < -0.4 is 12.4 Å². The Morgan fingerprint density at radius 1 is 0.800 bits per heavy atom. The molecule has 94 valence electrons. The number of aliphatic hydroxyl groups excluding tert-OH is 1. The van der Waals surface area contributed by atoms with Gasteiger partial charge in [-0.25, -0.2) is 0 Å². The molecule has 0 heterocycles. The van der Waals surface area contributed by atoms with Crippen LogP contribution in [0.5, 0.6) is 0 Å². The van der Waals surface area contributed by atoms with Crippen molar-refractivity contribution in [1.29, 1.82) is 0 Å². The minimum atomic E-state index is 0.